The minimum Gasteiger partial charge on any atom is -0.468 e. The van der Waals surface area contributed by atoms with Crippen LogP contribution >= 0.6 is 11.8 Å². The van der Waals surface area contributed by atoms with Gasteiger partial charge in [-0.1, -0.05) is 0 Å². The van der Waals surface area contributed by atoms with Gasteiger partial charge in [0.25, 0.3) is 0 Å². The molecule has 0 fully saturated rings. The first kappa shape index (κ1) is 14.6. The molecule has 0 saturated heterocycles. The van der Waals surface area contributed by atoms with Crippen LogP contribution in [0.25, 0.3) is 0 Å². The van der Waals surface area contributed by atoms with Crippen molar-refractivity contribution in [2.24, 2.45) is 0 Å². The quantitative estimate of drug-likeness (QED) is 0.878. The number of aryl methyl sites for hydroxylation is 1. The first-order valence-electron chi connectivity index (χ1n) is 6.58. The topological polar surface area (TPSA) is 67.1 Å². The molecule has 1 N–H and O–H groups in total. The molecule has 0 spiro atoms. The maximum atomic E-state index is 5.30. The van der Waals surface area contributed by atoms with Crippen molar-refractivity contribution in [3.63, 3.8) is 0 Å². The lowest BCUT2D eigenvalue weighted by Gasteiger charge is -2.19. The highest BCUT2D eigenvalue weighted by atomic mass is 32.2. The highest BCUT2D eigenvalue weighted by molar-refractivity contribution is 7.99. The Morgan fingerprint density at radius 3 is 2.55 bits per heavy atom. The summed E-state index contributed by atoms with van der Waals surface area (Å²) in [6.45, 7) is 7.81. The summed E-state index contributed by atoms with van der Waals surface area (Å²) >= 11 is 1.48. The van der Waals surface area contributed by atoms with Crippen LogP contribution < -0.4 is 10.2 Å². The summed E-state index contributed by atoms with van der Waals surface area (Å²) in [5.41, 5.74) is 0. The number of aromatic nitrogens is 3. The molecular formula is C13H19N5OS. The van der Waals surface area contributed by atoms with E-state index in [4.69, 9.17) is 4.42 Å². The van der Waals surface area contributed by atoms with Gasteiger partial charge in [-0.15, -0.1) is 0 Å². The molecule has 0 aromatic carbocycles. The third-order valence-electron chi connectivity index (χ3n) is 2.89. The van der Waals surface area contributed by atoms with Gasteiger partial charge in [-0.05, 0) is 38.6 Å². The van der Waals surface area contributed by atoms with Gasteiger partial charge in [0.15, 0.2) is 5.16 Å². The van der Waals surface area contributed by atoms with E-state index in [1.165, 1.54) is 11.8 Å². The Bertz CT molecular complexity index is 568. The van der Waals surface area contributed by atoms with Crippen LogP contribution in [0.5, 0.6) is 0 Å². The third-order valence-corrected chi connectivity index (χ3v) is 3.89. The Hall–Kier alpha value is -1.76. The number of furan rings is 1. The van der Waals surface area contributed by atoms with E-state index in [0.717, 1.165) is 23.7 Å². The fourth-order valence-corrected chi connectivity index (χ4v) is 2.50. The van der Waals surface area contributed by atoms with Crippen molar-refractivity contribution in [1.29, 1.82) is 0 Å². The second-order valence-corrected chi connectivity index (χ2v) is 5.12. The summed E-state index contributed by atoms with van der Waals surface area (Å²) in [7, 11) is 1.80. The predicted octanol–water partition coefficient (Wildman–Crippen LogP) is 2.81. The fourth-order valence-electron chi connectivity index (χ4n) is 1.73. The Labute approximate surface area is 123 Å². The van der Waals surface area contributed by atoms with Gasteiger partial charge in [0, 0.05) is 20.1 Å². The van der Waals surface area contributed by atoms with E-state index in [1.807, 2.05) is 13.0 Å². The highest BCUT2D eigenvalue weighted by Crippen LogP contribution is 2.29. The number of nitrogens with one attached hydrogen (secondary N) is 1. The van der Waals surface area contributed by atoms with Crippen molar-refractivity contribution in [2.75, 3.05) is 30.4 Å². The number of nitrogens with zero attached hydrogens (tertiary/aromatic N) is 4. The molecule has 0 bridgehead atoms. The summed E-state index contributed by atoms with van der Waals surface area (Å²) in [6.07, 6.45) is 1.67. The van der Waals surface area contributed by atoms with E-state index in [0.29, 0.717) is 17.1 Å². The lowest BCUT2D eigenvalue weighted by Crippen LogP contribution is -2.25. The molecule has 0 radical (unpaired) electrons. The fraction of sp³-hybridized carbons (Fsp3) is 0.462. The van der Waals surface area contributed by atoms with Crippen molar-refractivity contribution in [1.82, 2.24) is 15.0 Å². The van der Waals surface area contributed by atoms with Gasteiger partial charge in [0.2, 0.25) is 11.9 Å². The Morgan fingerprint density at radius 1 is 1.25 bits per heavy atom. The zero-order chi connectivity index (χ0) is 14.5. The third kappa shape index (κ3) is 3.22. The van der Waals surface area contributed by atoms with E-state index in [2.05, 4.69) is 39.0 Å². The minimum atomic E-state index is 0.575. The second kappa shape index (κ2) is 6.60. The van der Waals surface area contributed by atoms with E-state index >= 15 is 0 Å². The molecule has 108 valence electrons. The van der Waals surface area contributed by atoms with Crippen LogP contribution in [0.1, 0.15) is 19.6 Å². The first-order chi connectivity index (χ1) is 9.67. The van der Waals surface area contributed by atoms with E-state index in [1.54, 1.807) is 13.3 Å². The summed E-state index contributed by atoms with van der Waals surface area (Å²) in [5.74, 6) is 2.13. The molecule has 0 unspecified atom stereocenters. The zero-order valence-electron chi connectivity index (χ0n) is 12.2. The summed E-state index contributed by atoms with van der Waals surface area (Å²) < 4.78 is 5.30. The molecule has 0 atom stereocenters. The zero-order valence-corrected chi connectivity index (χ0v) is 13.0. The molecule has 2 rings (SSSR count). The van der Waals surface area contributed by atoms with Crippen LogP contribution in [0.3, 0.4) is 0 Å². The average molecular weight is 293 g/mol. The normalized spacial score (nSPS) is 10.6. The molecule has 7 heteroatoms. The van der Waals surface area contributed by atoms with Gasteiger partial charge in [0.1, 0.15) is 5.76 Å². The van der Waals surface area contributed by atoms with Crippen LogP contribution in [0.2, 0.25) is 0 Å². The molecule has 0 aliphatic heterocycles. The van der Waals surface area contributed by atoms with Gasteiger partial charge in [-0.3, -0.25) is 0 Å². The maximum absolute atomic E-state index is 5.30. The molecule has 0 aliphatic rings. The van der Waals surface area contributed by atoms with Crippen LogP contribution in [0.15, 0.2) is 26.8 Å². The molecular weight excluding hydrogens is 274 g/mol. The van der Waals surface area contributed by atoms with Gasteiger partial charge < -0.3 is 14.6 Å². The largest absolute Gasteiger partial charge is 0.468 e. The lowest BCUT2D eigenvalue weighted by atomic mass is 10.5. The van der Waals surface area contributed by atoms with Gasteiger partial charge in [-0.25, -0.2) is 0 Å². The van der Waals surface area contributed by atoms with Crippen molar-refractivity contribution in [3.05, 3.63) is 18.1 Å². The standard InChI is InChI=1S/C13H19N5OS/c1-5-18(6-2)12-15-11(14-4)16-13(17-12)20-10-7-8-19-9(10)3/h7-8H,5-6H2,1-4H3,(H,14,15,16,17). The summed E-state index contributed by atoms with van der Waals surface area (Å²) in [4.78, 5) is 16.4. The molecule has 2 aromatic heterocycles. The Balaban J connectivity index is 2.32. The van der Waals surface area contributed by atoms with Crippen LogP contribution in [0, 0.1) is 6.92 Å². The molecule has 20 heavy (non-hydrogen) atoms. The molecule has 0 amide bonds. The maximum Gasteiger partial charge on any atom is 0.231 e. The SMILES string of the molecule is CCN(CC)c1nc(NC)nc(Sc2ccoc2C)n1. The number of anilines is 2. The lowest BCUT2D eigenvalue weighted by molar-refractivity contribution is 0.527. The van der Waals surface area contributed by atoms with Crippen molar-refractivity contribution >= 4 is 23.7 Å². The molecule has 2 heterocycles. The number of hydrogen-bond donors (Lipinski definition) is 1. The molecule has 0 saturated carbocycles. The van der Waals surface area contributed by atoms with E-state index < -0.39 is 0 Å². The first-order valence-corrected chi connectivity index (χ1v) is 7.40. The highest BCUT2D eigenvalue weighted by Gasteiger charge is 2.13. The smallest absolute Gasteiger partial charge is 0.231 e. The average Bonchev–Trinajstić information content (AvgIpc) is 2.85. The van der Waals surface area contributed by atoms with Crippen molar-refractivity contribution in [3.8, 4) is 0 Å². The Morgan fingerprint density at radius 2 is 2.00 bits per heavy atom. The van der Waals surface area contributed by atoms with Crippen LogP contribution in [-0.2, 0) is 0 Å². The minimum absolute atomic E-state index is 0.575. The molecule has 6 nitrogen and oxygen atoms in total. The van der Waals surface area contributed by atoms with E-state index in [9.17, 15) is 0 Å². The predicted molar refractivity (Wildman–Crippen MR) is 80.5 cm³/mol. The summed E-state index contributed by atoms with van der Waals surface area (Å²) in [5, 5.41) is 3.64. The van der Waals surface area contributed by atoms with Gasteiger partial charge in [-0.2, -0.15) is 15.0 Å². The van der Waals surface area contributed by atoms with Crippen LogP contribution in [-0.4, -0.2) is 35.1 Å². The van der Waals surface area contributed by atoms with Crippen molar-refractivity contribution < 1.29 is 4.42 Å². The van der Waals surface area contributed by atoms with E-state index in [-0.39, 0.29) is 0 Å². The monoisotopic (exact) mass is 293 g/mol. The van der Waals surface area contributed by atoms with Crippen LogP contribution in [0.4, 0.5) is 11.9 Å². The summed E-state index contributed by atoms with van der Waals surface area (Å²) in [6, 6.07) is 1.92. The number of hydrogen-bond acceptors (Lipinski definition) is 7. The van der Waals surface area contributed by atoms with Gasteiger partial charge >= 0.3 is 0 Å². The molecule has 2 aromatic rings. The molecule has 0 aliphatic carbocycles. The Kier molecular flexibility index (Phi) is 4.84. The van der Waals surface area contributed by atoms with Crippen molar-refractivity contribution in [2.45, 2.75) is 30.8 Å². The number of rotatable bonds is 6. The van der Waals surface area contributed by atoms with Gasteiger partial charge in [0.05, 0.1) is 11.2 Å². The second-order valence-electron chi connectivity index (χ2n) is 4.11.